The highest BCUT2D eigenvalue weighted by Gasteiger charge is 2.40. The van der Waals surface area contributed by atoms with Crippen LogP contribution in [0.1, 0.15) is 12.5 Å². The van der Waals surface area contributed by atoms with Crippen LogP contribution in [-0.2, 0) is 6.42 Å². The molecule has 0 bridgehead atoms. The van der Waals surface area contributed by atoms with Crippen molar-refractivity contribution in [1.82, 2.24) is 9.88 Å². The van der Waals surface area contributed by atoms with E-state index in [2.05, 4.69) is 38.8 Å². The number of amides is 1. The number of aromatic nitrogens is 1. The van der Waals surface area contributed by atoms with Crippen LogP contribution < -0.4 is 4.90 Å². The van der Waals surface area contributed by atoms with Crippen LogP contribution in [-0.4, -0.2) is 46.3 Å². The van der Waals surface area contributed by atoms with Gasteiger partial charge in [0.25, 0.3) is 0 Å². The second-order valence-corrected chi connectivity index (χ2v) is 5.73. The lowest BCUT2D eigenvalue weighted by molar-refractivity contribution is 0.128. The Labute approximate surface area is 114 Å². The van der Waals surface area contributed by atoms with Gasteiger partial charge in [-0.2, -0.15) is 0 Å². The van der Waals surface area contributed by atoms with Gasteiger partial charge in [-0.05, 0) is 40.9 Å². The van der Waals surface area contributed by atoms with Crippen molar-refractivity contribution in [1.29, 1.82) is 0 Å². The molecule has 1 aromatic heterocycles. The molecule has 1 N–H and O–H groups in total. The highest BCUT2D eigenvalue weighted by molar-refractivity contribution is 9.10. The number of nitrogens with zero attached hydrogens (tertiary/aromatic N) is 3. The van der Waals surface area contributed by atoms with Crippen LogP contribution >= 0.6 is 15.9 Å². The van der Waals surface area contributed by atoms with Gasteiger partial charge in [0.2, 0.25) is 0 Å². The third kappa shape index (κ3) is 1.75. The van der Waals surface area contributed by atoms with E-state index in [4.69, 9.17) is 5.11 Å². The van der Waals surface area contributed by atoms with Crippen molar-refractivity contribution in [3.05, 3.63) is 22.3 Å². The van der Waals surface area contributed by atoms with Crippen LogP contribution in [0.15, 0.2) is 16.7 Å². The van der Waals surface area contributed by atoms with E-state index >= 15 is 0 Å². The fourth-order valence-corrected chi connectivity index (χ4v) is 3.28. The number of piperazine rings is 1. The second kappa shape index (κ2) is 4.12. The lowest BCUT2D eigenvalue weighted by atomic mass is 10.1. The minimum absolute atomic E-state index is 0.169. The Balaban J connectivity index is 1.93. The molecule has 6 heteroatoms. The van der Waals surface area contributed by atoms with Gasteiger partial charge in [0.1, 0.15) is 10.4 Å². The fourth-order valence-electron chi connectivity index (χ4n) is 2.98. The Morgan fingerprint density at radius 2 is 2.28 bits per heavy atom. The molecule has 0 saturated carbocycles. The predicted octanol–water partition coefficient (Wildman–Crippen LogP) is 1.96. The summed E-state index contributed by atoms with van der Waals surface area (Å²) in [5.74, 6) is 1.01. The van der Waals surface area contributed by atoms with Gasteiger partial charge < -0.3 is 14.9 Å². The molecule has 2 aliphatic heterocycles. The van der Waals surface area contributed by atoms with Gasteiger partial charge in [0, 0.05) is 19.1 Å². The van der Waals surface area contributed by atoms with Crippen molar-refractivity contribution in [2.24, 2.45) is 0 Å². The van der Waals surface area contributed by atoms with Gasteiger partial charge >= 0.3 is 6.09 Å². The number of carbonyl (C=O) groups is 1. The highest BCUT2D eigenvalue weighted by atomic mass is 79.9. The Hall–Kier alpha value is -1.30. The Morgan fingerprint density at radius 3 is 3.00 bits per heavy atom. The largest absolute Gasteiger partial charge is 0.465 e. The predicted molar refractivity (Wildman–Crippen MR) is 71.0 cm³/mol. The number of pyridine rings is 1. The molecule has 1 saturated heterocycles. The maximum atomic E-state index is 11.1. The maximum Gasteiger partial charge on any atom is 0.407 e. The van der Waals surface area contributed by atoms with Crippen LogP contribution in [0.5, 0.6) is 0 Å². The van der Waals surface area contributed by atoms with Crippen LogP contribution in [0, 0.1) is 0 Å². The van der Waals surface area contributed by atoms with E-state index in [1.807, 2.05) is 6.07 Å². The molecule has 0 radical (unpaired) electrons. The average Bonchev–Trinajstić information content (AvgIpc) is 2.66. The van der Waals surface area contributed by atoms with Crippen molar-refractivity contribution in [2.45, 2.75) is 25.4 Å². The summed E-state index contributed by atoms with van der Waals surface area (Å²) in [7, 11) is 0. The summed E-state index contributed by atoms with van der Waals surface area (Å²) < 4.78 is 0.828. The molecule has 3 heterocycles. The smallest absolute Gasteiger partial charge is 0.407 e. The summed E-state index contributed by atoms with van der Waals surface area (Å²) in [4.78, 5) is 19.4. The van der Waals surface area contributed by atoms with Gasteiger partial charge in [0.05, 0.1) is 6.04 Å². The summed E-state index contributed by atoms with van der Waals surface area (Å²) in [6.07, 6.45) is 0.0515. The number of hydrogen-bond donors (Lipinski definition) is 1. The van der Waals surface area contributed by atoms with Crippen molar-refractivity contribution in [2.75, 3.05) is 18.0 Å². The molecule has 18 heavy (non-hydrogen) atoms. The Kier molecular flexibility index (Phi) is 2.69. The molecule has 0 aromatic carbocycles. The molecule has 5 nitrogen and oxygen atoms in total. The summed E-state index contributed by atoms with van der Waals surface area (Å²) >= 11 is 3.39. The van der Waals surface area contributed by atoms with Crippen LogP contribution in [0.2, 0.25) is 0 Å². The first kappa shape index (κ1) is 11.8. The molecule has 1 amide bonds. The Morgan fingerprint density at radius 1 is 1.50 bits per heavy atom. The molecule has 2 unspecified atom stereocenters. The molecular weight excluding hydrogens is 298 g/mol. The normalized spacial score (nSPS) is 25.9. The first-order valence-electron chi connectivity index (χ1n) is 5.98. The third-order valence-electron chi connectivity index (χ3n) is 3.68. The summed E-state index contributed by atoms with van der Waals surface area (Å²) in [6.45, 7) is 3.16. The highest BCUT2D eigenvalue weighted by Crippen LogP contribution is 2.35. The zero-order chi connectivity index (χ0) is 12.9. The molecular formula is C12H14BrN3O2. The Bertz CT molecular complexity index is 508. The van der Waals surface area contributed by atoms with Gasteiger partial charge in [-0.1, -0.05) is 6.07 Å². The minimum atomic E-state index is -0.827. The number of fused-ring (bicyclic) bond motifs is 3. The number of halogens is 1. The number of rotatable bonds is 0. The molecule has 96 valence electrons. The van der Waals surface area contributed by atoms with Crippen molar-refractivity contribution in [3.63, 3.8) is 0 Å². The SMILES string of the molecule is CC1CN(C(=O)O)CC2Cc3ccc(Br)nc3N12. The lowest BCUT2D eigenvalue weighted by Gasteiger charge is -2.42. The van der Waals surface area contributed by atoms with E-state index in [0.717, 1.165) is 16.8 Å². The van der Waals surface area contributed by atoms with E-state index in [-0.39, 0.29) is 12.1 Å². The van der Waals surface area contributed by atoms with Gasteiger partial charge in [-0.3, -0.25) is 0 Å². The summed E-state index contributed by atoms with van der Waals surface area (Å²) in [6, 6.07) is 4.41. The maximum absolute atomic E-state index is 11.1. The molecule has 2 atom stereocenters. The second-order valence-electron chi connectivity index (χ2n) is 4.92. The lowest BCUT2D eigenvalue weighted by Crippen LogP contribution is -2.57. The molecule has 0 spiro atoms. The molecule has 3 rings (SSSR count). The van der Waals surface area contributed by atoms with Crippen molar-refractivity contribution >= 4 is 27.8 Å². The molecule has 0 aliphatic carbocycles. The van der Waals surface area contributed by atoms with E-state index in [1.165, 1.54) is 10.5 Å². The van der Waals surface area contributed by atoms with E-state index in [0.29, 0.717) is 13.1 Å². The summed E-state index contributed by atoms with van der Waals surface area (Å²) in [5.41, 5.74) is 1.21. The zero-order valence-corrected chi connectivity index (χ0v) is 11.6. The quantitative estimate of drug-likeness (QED) is 0.744. The average molecular weight is 312 g/mol. The van der Waals surface area contributed by atoms with E-state index in [1.54, 1.807) is 0 Å². The van der Waals surface area contributed by atoms with Gasteiger partial charge in [0.15, 0.2) is 0 Å². The van der Waals surface area contributed by atoms with Crippen LogP contribution in [0.3, 0.4) is 0 Å². The van der Waals surface area contributed by atoms with Gasteiger partial charge in [-0.15, -0.1) is 0 Å². The van der Waals surface area contributed by atoms with Gasteiger partial charge in [-0.25, -0.2) is 9.78 Å². The number of anilines is 1. The first-order chi connectivity index (χ1) is 8.56. The summed E-state index contributed by atoms with van der Waals surface area (Å²) in [5, 5.41) is 9.12. The minimum Gasteiger partial charge on any atom is -0.465 e. The van der Waals surface area contributed by atoms with Crippen LogP contribution in [0.25, 0.3) is 0 Å². The fraction of sp³-hybridized carbons (Fsp3) is 0.500. The monoisotopic (exact) mass is 311 g/mol. The zero-order valence-electron chi connectivity index (χ0n) is 10.0. The standard InChI is InChI=1S/C12H14BrN3O2/c1-7-5-15(12(17)18)6-9-4-8-2-3-10(13)14-11(8)16(7)9/h2-3,7,9H,4-6H2,1H3,(H,17,18). The topological polar surface area (TPSA) is 56.7 Å². The van der Waals surface area contributed by atoms with E-state index in [9.17, 15) is 4.79 Å². The molecule has 1 aromatic rings. The van der Waals surface area contributed by atoms with Crippen molar-refractivity contribution in [3.8, 4) is 0 Å². The molecule has 2 aliphatic rings. The third-order valence-corrected chi connectivity index (χ3v) is 4.12. The van der Waals surface area contributed by atoms with Crippen molar-refractivity contribution < 1.29 is 9.90 Å². The molecule has 1 fully saturated rings. The van der Waals surface area contributed by atoms with E-state index < -0.39 is 6.09 Å². The van der Waals surface area contributed by atoms with Crippen LogP contribution in [0.4, 0.5) is 10.6 Å². The number of hydrogen-bond acceptors (Lipinski definition) is 3. The first-order valence-corrected chi connectivity index (χ1v) is 6.77. The number of carboxylic acid groups (broad SMARTS) is 1.